The van der Waals surface area contributed by atoms with E-state index in [4.69, 9.17) is 4.42 Å². The third-order valence-electron chi connectivity index (χ3n) is 1.90. The largest absolute Gasteiger partial charge is 0.416 e. The summed E-state index contributed by atoms with van der Waals surface area (Å²) in [6.45, 7) is 3.51. The Morgan fingerprint density at radius 2 is 2.29 bits per heavy atom. The topological polar surface area (TPSA) is 59.2 Å². The van der Waals surface area contributed by atoms with E-state index in [-0.39, 0.29) is 0 Å². The lowest BCUT2D eigenvalue weighted by Gasteiger charge is -2.13. The fourth-order valence-electron chi connectivity index (χ4n) is 1.17. The van der Waals surface area contributed by atoms with Crippen LogP contribution in [0.1, 0.15) is 24.6 Å². The molecule has 2 aromatic rings. The fraction of sp³-hybridized carbons (Fsp3) is 0.455. The van der Waals surface area contributed by atoms with Crippen LogP contribution in [0.25, 0.3) is 0 Å². The van der Waals surface area contributed by atoms with Gasteiger partial charge in [0.15, 0.2) is 0 Å². The van der Waals surface area contributed by atoms with E-state index in [1.54, 1.807) is 25.2 Å². The SMILES string of the molecule is CC(C)(O)CSc1nnc(Cc2cccs2)o1. The van der Waals surface area contributed by atoms with Gasteiger partial charge in [-0.15, -0.1) is 21.5 Å². The smallest absolute Gasteiger partial charge is 0.276 e. The van der Waals surface area contributed by atoms with Gasteiger partial charge in [0, 0.05) is 10.6 Å². The van der Waals surface area contributed by atoms with Gasteiger partial charge in [-0.1, -0.05) is 17.8 Å². The van der Waals surface area contributed by atoms with Crippen molar-refractivity contribution in [1.82, 2.24) is 10.2 Å². The standard InChI is InChI=1S/C11H14N2O2S2/c1-11(2,14)7-17-10-13-12-9(15-10)6-8-4-3-5-16-8/h3-5,14H,6-7H2,1-2H3. The molecule has 0 aliphatic heterocycles. The van der Waals surface area contributed by atoms with Crippen molar-refractivity contribution in [3.8, 4) is 0 Å². The van der Waals surface area contributed by atoms with Crippen molar-refractivity contribution in [2.24, 2.45) is 0 Å². The second-order valence-corrected chi connectivity index (χ2v) is 6.28. The summed E-state index contributed by atoms with van der Waals surface area (Å²) in [5.74, 6) is 1.15. The Kier molecular flexibility index (Phi) is 3.86. The molecule has 92 valence electrons. The van der Waals surface area contributed by atoms with Crippen LogP contribution in [-0.2, 0) is 6.42 Å². The molecule has 0 unspecified atom stereocenters. The molecule has 0 bridgehead atoms. The number of thiophene rings is 1. The normalized spacial score (nSPS) is 11.9. The van der Waals surface area contributed by atoms with Crippen LogP contribution in [-0.4, -0.2) is 26.7 Å². The summed E-state index contributed by atoms with van der Waals surface area (Å²) in [7, 11) is 0. The Hall–Kier alpha value is -0.850. The molecule has 0 aromatic carbocycles. The van der Waals surface area contributed by atoms with Crippen LogP contribution in [0.15, 0.2) is 27.2 Å². The fourth-order valence-corrected chi connectivity index (χ4v) is 2.59. The Balaban J connectivity index is 1.92. The molecule has 17 heavy (non-hydrogen) atoms. The van der Waals surface area contributed by atoms with Crippen LogP contribution in [0.5, 0.6) is 0 Å². The average Bonchev–Trinajstić information content (AvgIpc) is 2.86. The Labute approximate surface area is 108 Å². The molecule has 2 rings (SSSR count). The number of thioether (sulfide) groups is 1. The third kappa shape index (κ3) is 4.14. The summed E-state index contributed by atoms with van der Waals surface area (Å²) in [5, 5.41) is 20.0. The molecule has 0 aliphatic rings. The van der Waals surface area contributed by atoms with Gasteiger partial charge in [0.1, 0.15) is 0 Å². The maximum atomic E-state index is 9.58. The lowest BCUT2D eigenvalue weighted by atomic mass is 10.2. The maximum Gasteiger partial charge on any atom is 0.276 e. The molecule has 0 aliphatic carbocycles. The number of hydrogen-bond acceptors (Lipinski definition) is 6. The Morgan fingerprint density at radius 1 is 1.47 bits per heavy atom. The van der Waals surface area contributed by atoms with E-state index < -0.39 is 5.60 Å². The van der Waals surface area contributed by atoms with Gasteiger partial charge in [-0.3, -0.25) is 0 Å². The molecule has 0 amide bonds. The van der Waals surface area contributed by atoms with Crippen molar-refractivity contribution in [3.63, 3.8) is 0 Å². The molecule has 1 N–H and O–H groups in total. The first kappa shape index (κ1) is 12.6. The summed E-state index contributed by atoms with van der Waals surface area (Å²) >= 11 is 3.04. The van der Waals surface area contributed by atoms with Crippen LogP contribution < -0.4 is 0 Å². The number of hydrogen-bond donors (Lipinski definition) is 1. The number of aliphatic hydroxyl groups is 1. The Bertz CT molecular complexity index is 460. The van der Waals surface area contributed by atoms with Gasteiger partial charge in [0.2, 0.25) is 5.89 Å². The van der Waals surface area contributed by atoms with E-state index in [0.29, 0.717) is 23.3 Å². The van der Waals surface area contributed by atoms with Crippen LogP contribution in [0.4, 0.5) is 0 Å². The zero-order chi connectivity index (χ0) is 12.3. The predicted molar refractivity (Wildman–Crippen MR) is 68.4 cm³/mol. The van der Waals surface area contributed by atoms with Crippen molar-refractivity contribution >= 4 is 23.1 Å². The van der Waals surface area contributed by atoms with Crippen LogP contribution in [0.2, 0.25) is 0 Å². The van der Waals surface area contributed by atoms with E-state index in [2.05, 4.69) is 10.2 Å². The molecule has 0 saturated carbocycles. The molecule has 0 atom stereocenters. The van der Waals surface area contributed by atoms with Gasteiger partial charge in [-0.25, -0.2) is 0 Å². The first-order valence-electron chi connectivity index (χ1n) is 5.23. The lowest BCUT2D eigenvalue weighted by molar-refractivity contribution is 0.106. The molecule has 2 aromatic heterocycles. The van der Waals surface area contributed by atoms with Gasteiger partial charge < -0.3 is 9.52 Å². The Morgan fingerprint density at radius 3 is 2.94 bits per heavy atom. The van der Waals surface area contributed by atoms with E-state index in [1.807, 2.05) is 17.5 Å². The van der Waals surface area contributed by atoms with Gasteiger partial charge in [-0.2, -0.15) is 0 Å². The molecule has 6 heteroatoms. The first-order valence-corrected chi connectivity index (χ1v) is 7.09. The number of nitrogens with zero attached hydrogens (tertiary/aromatic N) is 2. The summed E-state index contributed by atoms with van der Waals surface area (Å²) in [6, 6.07) is 4.04. The van der Waals surface area contributed by atoms with E-state index in [1.165, 1.54) is 16.6 Å². The lowest BCUT2D eigenvalue weighted by Crippen LogP contribution is -2.21. The number of aromatic nitrogens is 2. The van der Waals surface area contributed by atoms with Gasteiger partial charge >= 0.3 is 0 Å². The molecule has 0 radical (unpaired) electrons. The highest BCUT2D eigenvalue weighted by Crippen LogP contribution is 2.22. The van der Waals surface area contributed by atoms with Gasteiger partial charge in [-0.05, 0) is 25.3 Å². The highest BCUT2D eigenvalue weighted by molar-refractivity contribution is 7.99. The van der Waals surface area contributed by atoms with E-state index in [0.717, 1.165) is 0 Å². The zero-order valence-electron chi connectivity index (χ0n) is 9.71. The average molecular weight is 270 g/mol. The summed E-state index contributed by atoms with van der Waals surface area (Å²) in [5.41, 5.74) is -0.729. The third-order valence-corrected chi connectivity index (χ3v) is 4.04. The predicted octanol–water partition coefficient (Wildman–Crippen LogP) is 2.58. The van der Waals surface area contributed by atoms with Crippen LogP contribution in [0.3, 0.4) is 0 Å². The minimum atomic E-state index is -0.729. The van der Waals surface area contributed by atoms with Gasteiger partial charge in [0.05, 0.1) is 12.0 Å². The molecule has 2 heterocycles. The second kappa shape index (κ2) is 5.20. The second-order valence-electron chi connectivity index (χ2n) is 4.32. The minimum absolute atomic E-state index is 0.513. The molecule has 4 nitrogen and oxygen atoms in total. The molecule has 0 saturated heterocycles. The molecule has 0 spiro atoms. The number of rotatable bonds is 5. The van der Waals surface area contributed by atoms with Crippen molar-refractivity contribution in [1.29, 1.82) is 0 Å². The van der Waals surface area contributed by atoms with Gasteiger partial charge in [0.25, 0.3) is 5.22 Å². The van der Waals surface area contributed by atoms with E-state index >= 15 is 0 Å². The van der Waals surface area contributed by atoms with Crippen molar-refractivity contribution in [2.45, 2.75) is 31.1 Å². The zero-order valence-corrected chi connectivity index (χ0v) is 11.3. The van der Waals surface area contributed by atoms with Crippen LogP contribution >= 0.6 is 23.1 Å². The molecular weight excluding hydrogens is 256 g/mol. The maximum absolute atomic E-state index is 9.58. The summed E-state index contributed by atoms with van der Waals surface area (Å²) < 4.78 is 5.49. The summed E-state index contributed by atoms with van der Waals surface area (Å²) in [6.07, 6.45) is 0.674. The first-order chi connectivity index (χ1) is 8.03. The highest BCUT2D eigenvalue weighted by Gasteiger charge is 2.16. The summed E-state index contributed by atoms with van der Waals surface area (Å²) in [4.78, 5) is 1.20. The quantitative estimate of drug-likeness (QED) is 0.846. The van der Waals surface area contributed by atoms with Crippen molar-refractivity contribution in [2.75, 3.05) is 5.75 Å². The molecule has 0 fully saturated rings. The van der Waals surface area contributed by atoms with Crippen LogP contribution in [0, 0.1) is 0 Å². The van der Waals surface area contributed by atoms with Crippen molar-refractivity contribution in [3.05, 3.63) is 28.3 Å². The van der Waals surface area contributed by atoms with E-state index in [9.17, 15) is 5.11 Å². The van der Waals surface area contributed by atoms with Crippen molar-refractivity contribution < 1.29 is 9.52 Å². The minimum Gasteiger partial charge on any atom is -0.416 e. The monoisotopic (exact) mass is 270 g/mol. The highest BCUT2D eigenvalue weighted by atomic mass is 32.2. The molecular formula is C11H14N2O2S2.